The number of aryl methyl sites for hydroxylation is 1. The van der Waals surface area contributed by atoms with Gasteiger partial charge in [0.15, 0.2) is 11.5 Å². The Hall–Kier alpha value is -1.75. The summed E-state index contributed by atoms with van der Waals surface area (Å²) in [4.78, 5) is 11.4. The predicted octanol–water partition coefficient (Wildman–Crippen LogP) is 1.61. The Morgan fingerprint density at radius 3 is 2.25 bits per heavy atom. The molecular formula is C15H24N2O3. The quantitative estimate of drug-likeness (QED) is 0.796. The normalized spacial score (nSPS) is 12.3. The van der Waals surface area contributed by atoms with E-state index in [1.54, 1.807) is 14.2 Å². The maximum atomic E-state index is 11.4. The van der Waals surface area contributed by atoms with Gasteiger partial charge in [0.2, 0.25) is 5.91 Å². The number of ether oxygens (including phenoxy) is 2. The van der Waals surface area contributed by atoms with Gasteiger partial charge in [-0.05, 0) is 36.1 Å². The van der Waals surface area contributed by atoms with Crippen LogP contribution in [0, 0.1) is 12.8 Å². The van der Waals surface area contributed by atoms with E-state index < -0.39 is 0 Å². The highest BCUT2D eigenvalue weighted by Gasteiger charge is 2.19. The van der Waals surface area contributed by atoms with Crippen molar-refractivity contribution < 1.29 is 14.3 Å². The number of hydrogen-bond donors (Lipinski definition) is 2. The largest absolute Gasteiger partial charge is 0.493 e. The molecule has 0 fully saturated rings. The van der Waals surface area contributed by atoms with Crippen molar-refractivity contribution in [1.29, 1.82) is 0 Å². The van der Waals surface area contributed by atoms with Gasteiger partial charge in [0.25, 0.3) is 0 Å². The minimum Gasteiger partial charge on any atom is -0.493 e. The number of amides is 1. The number of benzene rings is 1. The molecule has 0 spiro atoms. The number of carbonyl (C=O) groups is 1. The Bertz CT molecular complexity index is 472. The number of hydrogen-bond acceptors (Lipinski definition) is 4. The van der Waals surface area contributed by atoms with Crippen molar-refractivity contribution in [3.05, 3.63) is 23.3 Å². The Labute approximate surface area is 120 Å². The molecule has 0 bridgehead atoms. The molecule has 1 atom stereocenters. The SMILES string of the molecule is COc1cc(C)c(CN[C@H](C(N)=O)C(C)C)cc1OC. The Kier molecular flexibility index (Phi) is 5.82. The van der Waals surface area contributed by atoms with Crippen LogP contribution in [-0.2, 0) is 11.3 Å². The standard InChI is InChI=1S/C15H24N2O3/c1-9(2)14(15(16)18)17-8-11-7-13(20-5)12(19-4)6-10(11)3/h6-7,9,14,17H,8H2,1-5H3,(H2,16,18)/t14-/m0/s1. The van der Waals surface area contributed by atoms with Crippen molar-refractivity contribution in [2.75, 3.05) is 14.2 Å². The molecule has 0 unspecified atom stereocenters. The van der Waals surface area contributed by atoms with Crippen molar-refractivity contribution in [3.8, 4) is 11.5 Å². The molecule has 0 aliphatic heterocycles. The molecule has 112 valence electrons. The zero-order chi connectivity index (χ0) is 15.3. The summed E-state index contributed by atoms with van der Waals surface area (Å²) in [5.74, 6) is 1.19. The summed E-state index contributed by atoms with van der Waals surface area (Å²) in [6.07, 6.45) is 0. The van der Waals surface area contributed by atoms with Crippen molar-refractivity contribution in [2.45, 2.75) is 33.4 Å². The number of primary amides is 1. The second-order valence-corrected chi connectivity index (χ2v) is 5.14. The van der Waals surface area contributed by atoms with E-state index in [0.29, 0.717) is 18.0 Å². The number of nitrogens with two attached hydrogens (primary N) is 1. The lowest BCUT2D eigenvalue weighted by Crippen LogP contribution is -2.44. The third-order valence-electron chi connectivity index (χ3n) is 3.33. The number of rotatable bonds is 7. The van der Waals surface area contributed by atoms with E-state index >= 15 is 0 Å². The minimum atomic E-state index is -0.345. The van der Waals surface area contributed by atoms with Gasteiger partial charge in [-0.1, -0.05) is 13.8 Å². The smallest absolute Gasteiger partial charge is 0.234 e. The van der Waals surface area contributed by atoms with E-state index in [4.69, 9.17) is 15.2 Å². The van der Waals surface area contributed by atoms with Crippen LogP contribution in [0.15, 0.2) is 12.1 Å². The second kappa shape index (κ2) is 7.14. The van der Waals surface area contributed by atoms with E-state index in [9.17, 15) is 4.79 Å². The molecule has 0 radical (unpaired) electrons. The summed E-state index contributed by atoms with van der Waals surface area (Å²) in [6, 6.07) is 3.49. The lowest BCUT2D eigenvalue weighted by atomic mass is 10.0. The molecule has 5 nitrogen and oxygen atoms in total. The molecule has 1 rings (SSSR count). The molecule has 0 saturated carbocycles. The van der Waals surface area contributed by atoms with Crippen molar-refractivity contribution in [2.24, 2.45) is 11.7 Å². The highest BCUT2D eigenvalue weighted by atomic mass is 16.5. The van der Waals surface area contributed by atoms with Crippen LogP contribution >= 0.6 is 0 Å². The molecule has 0 heterocycles. The lowest BCUT2D eigenvalue weighted by molar-refractivity contribution is -0.121. The first-order valence-electron chi connectivity index (χ1n) is 6.64. The fourth-order valence-corrected chi connectivity index (χ4v) is 2.10. The first kappa shape index (κ1) is 16.3. The van der Waals surface area contributed by atoms with Crippen LogP contribution in [-0.4, -0.2) is 26.2 Å². The zero-order valence-electron chi connectivity index (χ0n) is 12.8. The van der Waals surface area contributed by atoms with E-state index in [-0.39, 0.29) is 17.9 Å². The third kappa shape index (κ3) is 3.87. The third-order valence-corrected chi connectivity index (χ3v) is 3.33. The van der Waals surface area contributed by atoms with Crippen LogP contribution in [0.4, 0.5) is 0 Å². The van der Waals surface area contributed by atoms with Crippen molar-refractivity contribution in [1.82, 2.24) is 5.32 Å². The number of carbonyl (C=O) groups excluding carboxylic acids is 1. The Morgan fingerprint density at radius 1 is 1.25 bits per heavy atom. The Balaban J connectivity index is 2.90. The predicted molar refractivity (Wildman–Crippen MR) is 78.9 cm³/mol. The van der Waals surface area contributed by atoms with Gasteiger partial charge in [0.1, 0.15) is 0 Å². The van der Waals surface area contributed by atoms with E-state index in [2.05, 4.69) is 5.32 Å². The fourth-order valence-electron chi connectivity index (χ4n) is 2.10. The van der Waals surface area contributed by atoms with E-state index in [1.165, 1.54) is 0 Å². The van der Waals surface area contributed by atoms with Gasteiger partial charge in [0.05, 0.1) is 20.3 Å². The molecule has 0 aliphatic carbocycles. The summed E-state index contributed by atoms with van der Waals surface area (Å²) in [5.41, 5.74) is 7.52. The summed E-state index contributed by atoms with van der Waals surface area (Å²) in [5, 5.41) is 3.19. The lowest BCUT2D eigenvalue weighted by Gasteiger charge is -2.20. The van der Waals surface area contributed by atoms with Gasteiger partial charge >= 0.3 is 0 Å². The van der Waals surface area contributed by atoms with E-state index in [1.807, 2.05) is 32.9 Å². The summed E-state index contributed by atoms with van der Waals surface area (Å²) in [6.45, 7) is 6.47. The molecular weight excluding hydrogens is 256 g/mol. The molecule has 1 aromatic rings. The first-order valence-corrected chi connectivity index (χ1v) is 6.64. The van der Waals surface area contributed by atoms with Crippen LogP contribution in [0.2, 0.25) is 0 Å². The maximum Gasteiger partial charge on any atom is 0.234 e. The van der Waals surface area contributed by atoms with Gasteiger partial charge < -0.3 is 20.5 Å². The molecule has 5 heteroatoms. The molecule has 20 heavy (non-hydrogen) atoms. The van der Waals surface area contributed by atoms with Gasteiger partial charge in [0, 0.05) is 6.54 Å². The monoisotopic (exact) mass is 280 g/mol. The number of nitrogens with one attached hydrogen (secondary N) is 1. The first-order chi connectivity index (χ1) is 9.40. The average molecular weight is 280 g/mol. The van der Waals surface area contributed by atoms with E-state index in [0.717, 1.165) is 11.1 Å². The van der Waals surface area contributed by atoms with Crippen molar-refractivity contribution >= 4 is 5.91 Å². The highest BCUT2D eigenvalue weighted by molar-refractivity contribution is 5.80. The van der Waals surface area contributed by atoms with Gasteiger partial charge in [-0.3, -0.25) is 4.79 Å². The highest BCUT2D eigenvalue weighted by Crippen LogP contribution is 2.30. The molecule has 0 aromatic heterocycles. The molecule has 3 N–H and O–H groups in total. The Morgan fingerprint density at radius 2 is 1.80 bits per heavy atom. The minimum absolute atomic E-state index is 0.146. The molecule has 0 aliphatic rings. The maximum absolute atomic E-state index is 11.4. The molecule has 1 amide bonds. The molecule has 1 aromatic carbocycles. The van der Waals surface area contributed by atoms with Crippen LogP contribution in [0.25, 0.3) is 0 Å². The van der Waals surface area contributed by atoms with Crippen LogP contribution < -0.4 is 20.5 Å². The fraction of sp³-hybridized carbons (Fsp3) is 0.533. The topological polar surface area (TPSA) is 73.6 Å². The zero-order valence-corrected chi connectivity index (χ0v) is 12.8. The second-order valence-electron chi connectivity index (χ2n) is 5.14. The summed E-state index contributed by atoms with van der Waals surface area (Å²) < 4.78 is 10.5. The number of methoxy groups -OCH3 is 2. The van der Waals surface area contributed by atoms with Crippen LogP contribution in [0.5, 0.6) is 11.5 Å². The van der Waals surface area contributed by atoms with Crippen LogP contribution in [0.1, 0.15) is 25.0 Å². The van der Waals surface area contributed by atoms with Gasteiger partial charge in [-0.25, -0.2) is 0 Å². The van der Waals surface area contributed by atoms with Crippen molar-refractivity contribution in [3.63, 3.8) is 0 Å². The summed E-state index contributed by atoms with van der Waals surface area (Å²) in [7, 11) is 3.21. The summed E-state index contributed by atoms with van der Waals surface area (Å²) >= 11 is 0. The average Bonchev–Trinajstić information content (AvgIpc) is 2.39. The van der Waals surface area contributed by atoms with Gasteiger partial charge in [-0.2, -0.15) is 0 Å². The molecule has 0 saturated heterocycles. The van der Waals surface area contributed by atoms with Crippen LogP contribution in [0.3, 0.4) is 0 Å². The van der Waals surface area contributed by atoms with Gasteiger partial charge in [-0.15, -0.1) is 0 Å².